The maximum atomic E-state index is 11.8. The van der Waals surface area contributed by atoms with Crippen LogP contribution in [0.5, 0.6) is 0 Å². The first-order valence-electron chi connectivity index (χ1n) is 4.98. The van der Waals surface area contributed by atoms with E-state index in [-0.39, 0.29) is 11.4 Å². The molecule has 0 aliphatic carbocycles. The van der Waals surface area contributed by atoms with Crippen molar-refractivity contribution in [1.29, 1.82) is 0 Å². The molecule has 0 aliphatic rings. The first-order chi connectivity index (χ1) is 6.79. The molecule has 3 nitrogen and oxygen atoms in total. The van der Waals surface area contributed by atoms with Crippen molar-refractivity contribution >= 4 is 11.6 Å². The van der Waals surface area contributed by atoms with Crippen molar-refractivity contribution in [1.82, 2.24) is 5.32 Å². The first kappa shape index (κ1) is 11.6. The molecule has 0 unspecified atom stereocenters. The summed E-state index contributed by atoms with van der Waals surface area (Å²) in [4.78, 5) is 11.8. The lowest BCUT2D eigenvalue weighted by Gasteiger charge is -2.21. The third-order valence-electron chi connectivity index (χ3n) is 1.98. The lowest BCUT2D eigenvalue weighted by molar-refractivity contribution is 0.0919. The van der Waals surface area contributed by atoms with Crippen LogP contribution in [0.3, 0.4) is 0 Å². The largest absolute Gasteiger partial charge is 0.399 e. The molecule has 0 heterocycles. The SMILES string of the molecule is Cc1cc(N)ccc1C(=O)NC(C)(C)C. The smallest absolute Gasteiger partial charge is 0.251 e. The van der Waals surface area contributed by atoms with E-state index in [1.54, 1.807) is 18.2 Å². The second-order valence-electron chi connectivity index (χ2n) is 4.78. The summed E-state index contributed by atoms with van der Waals surface area (Å²) in [5.41, 5.74) is 7.67. The van der Waals surface area contributed by atoms with Gasteiger partial charge in [-0.05, 0) is 51.5 Å². The molecule has 1 amide bonds. The number of carbonyl (C=O) groups excluding carboxylic acids is 1. The Balaban J connectivity index is 2.92. The van der Waals surface area contributed by atoms with E-state index in [9.17, 15) is 4.79 Å². The fourth-order valence-electron chi connectivity index (χ4n) is 1.35. The van der Waals surface area contributed by atoms with Gasteiger partial charge in [-0.2, -0.15) is 0 Å². The number of amides is 1. The second kappa shape index (κ2) is 3.93. The summed E-state index contributed by atoms with van der Waals surface area (Å²) < 4.78 is 0. The van der Waals surface area contributed by atoms with Crippen molar-refractivity contribution in [2.24, 2.45) is 0 Å². The van der Waals surface area contributed by atoms with Gasteiger partial charge in [0, 0.05) is 16.8 Å². The topological polar surface area (TPSA) is 55.1 Å². The van der Waals surface area contributed by atoms with Gasteiger partial charge in [-0.1, -0.05) is 0 Å². The van der Waals surface area contributed by atoms with Crippen LogP contribution in [0, 0.1) is 6.92 Å². The van der Waals surface area contributed by atoms with Crippen LogP contribution < -0.4 is 11.1 Å². The van der Waals surface area contributed by atoms with Crippen LogP contribution in [0.15, 0.2) is 18.2 Å². The average Bonchev–Trinajstić information content (AvgIpc) is 1.99. The van der Waals surface area contributed by atoms with E-state index >= 15 is 0 Å². The fourth-order valence-corrected chi connectivity index (χ4v) is 1.35. The molecule has 0 aromatic heterocycles. The molecule has 1 rings (SSSR count). The van der Waals surface area contributed by atoms with Gasteiger partial charge in [-0.15, -0.1) is 0 Å². The molecule has 82 valence electrons. The average molecular weight is 206 g/mol. The van der Waals surface area contributed by atoms with Gasteiger partial charge >= 0.3 is 0 Å². The molecule has 0 radical (unpaired) electrons. The van der Waals surface area contributed by atoms with E-state index in [1.807, 2.05) is 27.7 Å². The van der Waals surface area contributed by atoms with Crippen LogP contribution in [0.4, 0.5) is 5.69 Å². The van der Waals surface area contributed by atoms with E-state index in [0.29, 0.717) is 11.3 Å². The van der Waals surface area contributed by atoms with E-state index in [0.717, 1.165) is 5.56 Å². The highest BCUT2D eigenvalue weighted by Crippen LogP contribution is 2.13. The van der Waals surface area contributed by atoms with Gasteiger partial charge in [0.1, 0.15) is 0 Å². The van der Waals surface area contributed by atoms with Gasteiger partial charge < -0.3 is 11.1 Å². The van der Waals surface area contributed by atoms with Crippen molar-refractivity contribution in [3.05, 3.63) is 29.3 Å². The minimum atomic E-state index is -0.217. The van der Waals surface area contributed by atoms with Gasteiger partial charge in [0.15, 0.2) is 0 Å². The monoisotopic (exact) mass is 206 g/mol. The molecule has 0 bridgehead atoms. The van der Waals surface area contributed by atoms with Crippen LogP contribution in [0.25, 0.3) is 0 Å². The summed E-state index contributed by atoms with van der Waals surface area (Å²) in [6.07, 6.45) is 0. The maximum absolute atomic E-state index is 11.8. The van der Waals surface area contributed by atoms with Crippen molar-refractivity contribution in [3.63, 3.8) is 0 Å². The Morgan fingerprint density at radius 2 is 1.93 bits per heavy atom. The number of nitrogens with two attached hydrogens (primary N) is 1. The zero-order valence-corrected chi connectivity index (χ0v) is 9.72. The Bertz CT molecular complexity index is 378. The van der Waals surface area contributed by atoms with Crippen molar-refractivity contribution in [2.75, 3.05) is 5.73 Å². The normalized spacial score (nSPS) is 11.2. The number of aryl methyl sites for hydroxylation is 1. The van der Waals surface area contributed by atoms with Crippen LogP contribution in [-0.2, 0) is 0 Å². The first-order valence-corrected chi connectivity index (χ1v) is 4.98. The number of hydrogen-bond donors (Lipinski definition) is 2. The molecule has 0 spiro atoms. The molecule has 3 N–H and O–H groups in total. The summed E-state index contributed by atoms with van der Waals surface area (Å²) in [5.74, 6) is -0.0556. The molecule has 15 heavy (non-hydrogen) atoms. The zero-order chi connectivity index (χ0) is 11.6. The predicted molar refractivity (Wildman–Crippen MR) is 62.8 cm³/mol. The second-order valence-corrected chi connectivity index (χ2v) is 4.78. The molecule has 0 saturated carbocycles. The third kappa shape index (κ3) is 3.27. The lowest BCUT2D eigenvalue weighted by Crippen LogP contribution is -2.40. The Kier molecular flexibility index (Phi) is 3.03. The molecule has 1 aromatic carbocycles. The van der Waals surface area contributed by atoms with Gasteiger partial charge in [0.2, 0.25) is 0 Å². The Hall–Kier alpha value is -1.51. The summed E-state index contributed by atoms with van der Waals surface area (Å²) in [6.45, 7) is 7.75. The lowest BCUT2D eigenvalue weighted by atomic mass is 10.0. The summed E-state index contributed by atoms with van der Waals surface area (Å²) in [6, 6.07) is 5.30. The Labute approximate surface area is 90.7 Å². The fraction of sp³-hybridized carbons (Fsp3) is 0.417. The maximum Gasteiger partial charge on any atom is 0.251 e. The van der Waals surface area contributed by atoms with Gasteiger partial charge in [0.05, 0.1) is 0 Å². The number of hydrogen-bond acceptors (Lipinski definition) is 2. The molecule has 0 atom stereocenters. The molecule has 0 saturated heterocycles. The highest BCUT2D eigenvalue weighted by molar-refractivity contribution is 5.96. The van der Waals surface area contributed by atoms with Gasteiger partial charge in [-0.25, -0.2) is 0 Å². The molecule has 0 aliphatic heterocycles. The van der Waals surface area contributed by atoms with Crippen molar-refractivity contribution in [2.45, 2.75) is 33.2 Å². The molecule has 1 aromatic rings. The minimum absolute atomic E-state index is 0.0556. The summed E-state index contributed by atoms with van der Waals surface area (Å²) >= 11 is 0. The predicted octanol–water partition coefficient (Wildman–Crippen LogP) is 2.11. The van der Waals surface area contributed by atoms with E-state index in [4.69, 9.17) is 5.73 Å². The number of nitrogen functional groups attached to an aromatic ring is 1. The molecule has 0 fully saturated rings. The van der Waals surface area contributed by atoms with Crippen LogP contribution in [0.1, 0.15) is 36.7 Å². The summed E-state index contributed by atoms with van der Waals surface area (Å²) in [7, 11) is 0. The number of nitrogens with one attached hydrogen (secondary N) is 1. The van der Waals surface area contributed by atoms with Crippen LogP contribution in [0.2, 0.25) is 0 Å². The third-order valence-corrected chi connectivity index (χ3v) is 1.98. The van der Waals surface area contributed by atoms with Gasteiger partial charge in [0.25, 0.3) is 5.91 Å². The zero-order valence-electron chi connectivity index (χ0n) is 9.72. The number of carbonyl (C=O) groups is 1. The summed E-state index contributed by atoms with van der Waals surface area (Å²) in [5, 5.41) is 2.92. The Morgan fingerprint density at radius 1 is 1.33 bits per heavy atom. The molecular formula is C12H18N2O. The van der Waals surface area contributed by atoms with Gasteiger partial charge in [-0.3, -0.25) is 4.79 Å². The minimum Gasteiger partial charge on any atom is -0.399 e. The number of anilines is 1. The van der Waals surface area contributed by atoms with E-state index in [1.165, 1.54) is 0 Å². The standard InChI is InChI=1S/C12H18N2O/c1-8-7-9(13)5-6-10(8)11(15)14-12(2,3)4/h5-7H,13H2,1-4H3,(H,14,15). The quantitative estimate of drug-likeness (QED) is 0.691. The highest BCUT2D eigenvalue weighted by Gasteiger charge is 2.16. The molecule has 3 heteroatoms. The Morgan fingerprint density at radius 3 is 2.40 bits per heavy atom. The number of rotatable bonds is 1. The van der Waals surface area contributed by atoms with E-state index < -0.39 is 0 Å². The van der Waals surface area contributed by atoms with Crippen molar-refractivity contribution < 1.29 is 4.79 Å². The van der Waals surface area contributed by atoms with Crippen molar-refractivity contribution in [3.8, 4) is 0 Å². The van der Waals surface area contributed by atoms with Crippen LogP contribution >= 0.6 is 0 Å². The van der Waals surface area contributed by atoms with E-state index in [2.05, 4.69) is 5.32 Å². The number of benzene rings is 1. The highest BCUT2D eigenvalue weighted by atomic mass is 16.1. The van der Waals surface area contributed by atoms with Crippen LogP contribution in [-0.4, -0.2) is 11.4 Å². The molecular weight excluding hydrogens is 188 g/mol.